The number of ether oxygens (including phenoxy) is 1. The van der Waals surface area contributed by atoms with Crippen molar-refractivity contribution in [2.75, 3.05) is 12.0 Å². The van der Waals surface area contributed by atoms with Crippen molar-refractivity contribution in [1.29, 1.82) is 0 Å². The highest BCUT2D eigenvalue weighted by Crippen LogP contribution is 2.37. The standard InChI is InChI=1S/C20H22N2O3/c1-4-14-7-10-18-17(11-14)19(21-13(2)23)20(24)22(18)12-15-5-8-16(25-3)9-6-15/h5-11,19H,4,12H2,1-3H3,(H,21,23). The van der Waals surface area contributed by atoms with E-state index < -0.39 is 6.04 Å². The number of fused-ring (bicyclic) bond motifs is 1. The van der Waals surface area contributed by atoms with Gasteiger partial charge in [-0.05, 0) is 35.7 Å². The van der Waals surface area contributed by atoms with Gasteiger partial charge in [-0.3, -0.25) is 9.59 Å². The third kappa shape index (κ3) is 3.36. The molecule has 0 saturated carbocycles. The maximum absolute atomic E-state index is 12.9. The Morgan fingerprint density at radius 1 is 1.16 bits per heavy atom. The lowest BCUT2D eigenvalue weighted by Crippen LogP contribution is -2.36. The molecule has 130 valence electrons. The van der Waals surface area contributed by atoms with Gasteiger partial charge in [0.2, 0.25) is 5.91 Å². The van der Waals surface area contributed by atoms with Crippen LogP contribution < -0.4 is 15.0 Å². The van der Waals surface area contributed by atoms with Crippen LogP contribution in [0.1, 0.15) is 36.6 Å². The second kappa shape index (κ2) is 6.97. The fraction of sp³-hybridized carbons (Fsp3) is 0.300. The first kappa shape index (κ1) is 17.0. The molecule has 1 aliphatic heterocycles. The first-order valence-corrected chi connectivity index (χ1v) is 8.37. The van der Waals surface area contributed by atoms with Gasteiger partial charge >= 0.3 is 0 Å². The van der Waals surface area contributed by atoms with Gasteiger partial charge in [0.15, 0.2) is 0 Å². The van der Waals surface area contributed by atoms with Crippen LogP contribution in [-0.2, 0) is 22.6 Å². The van der Waals surface area contributed by atoms with E-state index in [2.05, 4.69) is 12.2 Å². The van der Waals surface area contributed by atoms with Crippen LogP contribution in [0.25, 0.3) is 0 Å². The van der Waals surface area contributed by atoms with E-state index in [0.717, 1.165) is 34.5 Å². The van der Waals surface area contributed by atoms with Gasteiger partial charge in [0.05, 0.1) is 13.7 Å². The summed E-state index contributed by atoms with van der Waals surface area (Å²) in [5, 5.41) is 2.78. The minimum atomic E-state index is -0.614. The van der Waals surface area contributed by atoms with Crippen LogP contribution in [0.3, 0.4) is 0 Å². The molecule has 2 aromatic rings. The van der Waals surface area contributed by atoms with Gasteiger partial charge in [-0.15, -0.1) is 0 Å². The van der Waals surface area contributed by atoms with Crippen LogP contribution in [-0.4, -0.2) is 18.9 Å². The lowest BCUT2D eigenvalue weighted by molar-refractivity contribution is -0.126. The van der Waals surface area contributed by atoms with Crippen LogP contribution in [0.2, 0.25) is 0 Å². The maximum atomic E-state index is 12.9. The monoisotopic (exact) mass is 338 g/mol. The van der Waals surface area contributed by atoms with Gasteiger partial charge in [0, 0.05) is 18.2 Å². The lowest BCUT2D eigenvalue weighted by atomic mass is 10.0. The van der Waals surface area contributed by atoms with Gasteiger partial charge in [0.1, 0.15) is 11.8 Å². The van der Waals surface area contributed by atoms with Crippen molar-refractivity contribution in [3.63, 3.8) is 0 Å². The van der Waals surface area contributed by atoms with Crippen molar-refractivity contribution in [2.45, 2.75) is 32.9 Å². The van der Waals surface area contributed by atoms with Crippen LogP contribution >= 0.6 is 0 Å². The fourth-order valence-corrected chi connectivity index (χ4v) is 3.13. The Morgan fingerprint density at radius 2 is 1.84 bits per heavy atom. The third-order valence-corrected chi connectivity index (χ3v) is 4.46. The van der Waals surface area contributed by atoms with E-state index in [-0.39, 0.29) is 11.8 Å². The minimum Gasteiger partial charge on any atom is -0.497 e. The highest BCUT2D eigenvalue weighted by atomic mass is 16.5. The quantitative estimate of drug-likeness (QED) is 0.912. The molecule has 0 aromatic heterocycles. The molecule has 5 nitrogen and oxygen atoms in total. The molecular formula is C20H22N2O3. The molecule has 1 atom stereocenters. The molecule has 1 N–H and O–H groups in total. The highest BCUT2D eigenvalue weighted by molar-refractivity contribution is 6.06. The summed E-state index contributed by atoms with van der Waals surface area (Å²) in [5.41, 5.74) is 3.88. The Morgan fingerprint density at radius 3 is 2.44 bits per heavy atom. The van der Waals surface area contributed by atoms with Gasteiger partial charge in [-0.2, -0.15) is 0 Å². The molecule has 2 amide bonds. The van der Waals surface area contributed by atoms with Gasteiger partial charge in [-0.25, -0.2) is 0 Å². The van der Waals surface area contributed by atoms with Crippen molar-refractivity contribution in [3.8, 4) is 5.75 Å². The Labute approximate surface area is 147 Å². The molecule has 2 aromatic carbocycles. The Balaban J connectivity index is 1.94. The van der Waals surface area contributed by atoms with Crippen molar-refractivity contribution in [3.05, 3.63) is 59.2 Å². The Hall–Kier alpha value is -2.82. The number of rotatable bonds is 5. The number of benzene rings is 2. The van der Waals surface area contributed by atoms with Gasteiger partial charge in [-0.1, -0.05) is 31.2 Å². The minimum absolute atomic E-state index is 0.103. The molecule has 0 bridgehead atoms. The third-order valence-electron chi connectivity index (χ3n) is 4.46. The molecule has 0 aliphatic carbocycles. The molecule has 5 heteroatoms. The molecule has 0 saturated heterocycles. The highest BCUT2D eigenvalue weighted by Gasteiger charge is 2.37. The summed E-state index contributed by atoms with van der Waals surface area (Å²) in [6.07, 6.45) is 0.882. The lowest BCUT2D eigenvalue weighted by Gasteiger charge is -2.18. The van der Waals surface area contributed by atoms with Crippen molar-refractivity contribution >= 4 is 17.5 Å². The molecule has 1 unspecified atom stereocenters. The van der Waals surface area contributed by atoms with Crippen LogP contribution in [0, 0.1) is 0 Å². The average Bonchev–Trinajstić information content (AvgIpc) is 2.87. The summed E-state index contributed by atoms with van der Waals surface area (Å²) >= 11 is 0. The molecule has 25 heavy (non-hydrogen) atoms. The van der Waals surface area contributed by atoms with E-state index in [9.17, 15) is 9.59 Å². The smallest absolute Gasteiger partial charge is 0.254 e. The number of methoxy groups -OCH3 is 1. The zero-order valence-corrected chi connectivity index (χ0v) is 14.7. The number of hydrogen-bond acceptors (Lipinski definition) is 3. The number of carbonyl (C=O) groups excluding carboxylic acids is 2. The molecular weight excluding hydrogens is 316 g/mol. The zero-order valence-electron chi connectivity index (χ0n) is 14.7. The first-order chi connectivity index (χ1) is 12.0. The Kier molecular flexibility index (Phi) is 4.74. The number of carbonyl (C=O) groups is 2. The molecule has 3 rings (SSSR count). The number of amides is 2. The zero-order chi connectivity index (χ0) is 18.0. The van der Waals surface area contributed by atoms with E-state index in [1.54, 1.807) is 12.0 Å². The van der Waals surface area contributed by atoms with Crippen LogP contribution in [0.4, 0.5) is 5.69 Å². The SMILES string of the molecule is CCc1ccc2c(c1)C(NC(C)=O)C(=O)N2Cc1ccc(OC)cc1. The molecule has 0 fully saturated rings. The van der Waals surface area contributed by atoms with Gasteiger partial charge < -0.3 is 15.0 Å². The maximum Gasteiger partial charge on any atom is 0.254 e. The summed E-state index contributed by atoms with van der Waals surface area (Å²) in [5.74, 6) is 0.465. The predicted molar refractivity (Wildman–Crippen MR) is 96.6 cm³/mol. The second-order valence-corrected chi connectivity index (χ2v) is 6.15. The number of hydrogen-bond donors (Lipinski definition) is 1. The van der Waals surface area contributed by atoms with E-state index in [1.165, 1.54) is 6.92 Å². The fourth-order valence-electron chi connectivity index (χ4n) is 3.13. The normalized spacial score (nSPS) is 15.9. The number of nitrogens with zero attached hydrogens (tertiary/aromatic N) is 1. The van der Waals surface area contributed by atoms with Crippen molar-refractivity contribution < 1.29 is 14.3 Å². The number of nitrogens with one attached hydrogen (secondary N) is 1. The largest absolute Gasteiger partial charge is 0.497 e. The van der Waals surface area contributed by atoms with Crippen molar-refractivity contribution in [1.82, 2.24) is 5.32 Å². The molecule has 0 radical (unpaired) electrons. The van der Waals surface area contributed by atoms with E-state index in [1.807, 2.05) is 42.5 Å². The van der Waals surface area contributed by atoms with E-state index >= 15 is 0 Å². The summed E-state index contributed by atoms with van der Waals surface area (Å²) in [7, 11) is 1.62. The second-order valence-electron chi connectivity index (χ2n) is 6.15. The van der Waals surface area contributed by atoms with E-state index in [0.29, 0.717) is 6.54 Å². The van der Waals surface area contributed by atoms with Crippen LogP contribution in [0.5, 0.6) is 5.75 Å². The number of anilines is 1. The van der Waals surface area contributed by atoms with Crippen molar-refractivity contribution in [2.24, 2.45) is 0 Å². The topological polar surface area (TPSA) is 58.6 Å². The summed E-state index contributed by atoms with van der Waals surface area (Å²) in [6, 6.07) is 13.0. The predicted octanol–water partition coefficient (Wildman–Crippen LogP) is 2.98. The average molecular weight is 338 g/mol. The number of aryl methyl sites for hydroxylation is 1. The molecule has 0 spiro atoms. The van der Waals surface area contributed by atoms with Crippen LogP contribution in [0.15, 0.2) is 42.5 Å². The van der Waals surface area contributed by atoms with E-state index in [4.69, 9.17) is 4.74 Å². The summed E-state index contributed by atoms with van der Waals surface area (Å²) in [6.45, 7) is 3.96. The first-order valence-electron chi connectivity index (χ1n) is 8.37. The van der Waals surface area contributed by atoms with Gasteiger partial charge in [0.25, 0.3) is 5.91 Å². The summed E-state index contributed by atoms with van der Waals surface area (Å²) in [4.78, 5) is 26.2. The Bertz CT molecular complexity index is 799. The molecule has 1 heterocycles. The summed E-state index contributed by atoms with van der Waals surface area (Å²) < 4.78 is 5.17. The molecule has 1 aliphatic rings.